The molecular weight excluding hydrogens is 566 g/mol. The molecule has 0 bridgehead atoms. The van der Waals surface area contributed by atoms with Crippen LogP contribution in [0.5, 0.6) is 11.5 Å². The normalized spacial score (nSPS) is 12.3. The van der Waals surface area contributed by atoms with Crippen LogP contribution in [0, 0.1) is 20.8 Å². The van der Waals surface area contributed by atoms with Crippen LogP contribution in [0.1, 0.15) is 49.9 Å². The van der Waals surface area contributed by atoms with E-state index in [2.05, 4.69) is 5.32 Å². The maximum atomic E-state index is 14.2. The van der Waals surface area contributed by atoms with Crippen molar-refractivity contribution in [3.63, 3.8) is 0 Å². The predicted octanol–water partition coefficient (Wildman–Crippen LogP) is 5.16. The van der Waals surface area contributed by atoms with Gasteiger partial charge in [-0.2, -0.15) is 0 Å². The van der Waals surface area contributed by atoms with E-state index in [1.165, 1.54) is 37.3 Å². The van der Waals surface area contributed by atoms with Crippen LogP contribution in [0.25, 0.3) is 0 Å². The molecule has 1 atom stereocenters. The van der Waals surface area contributed by atoms with Crippen molar-refractivity contribution >= 4 is 27.5 Å². The SMILES string of the molecule is COc1ccc(S(=O)(=O)N(CC(=O)N(Cc2ccc(C)cc2)C(C)C(=O)NC(C)(C)C)c2cc(C)cc(C)c2)cc1OC. The van der Waals surface area contributed by atoms with Crippen molar-refractivity contribution in [2.24, 2.45) is 0 Å². The second kappa shape index (κ2) is 13.5. The lowest BCUT2D eigenvalue weighted by molar-refractivity contribution is -0.140. The van der Waals surface area contributed by atoms with Crippen molar-refractivity contribution in [3.8, 4) is 11.5 Å². The molecule has 0 fully saturated rings. The summed E-state index contributed by atoms with van der Waals surface area (Å²) in [5.74, 6) is -0.254. The minimum atomic E-state index is -4.28. The third kappa shape index (κ3) is 8.50. The number of nitrogens with zero attached hydrogens (tertiary/aromatic N) is 2. The lowest BCUT2D eigenvalue weighted by Gasteiger charge is -2.33. The Morgan fingerprint density at radius 3 is 1.95 bits per heavy atom. The van der Waals surface area contributed by atoms with Gasteiger partial charge in [-0.05, 0) is 89.4 Å². The summed E-state index contributed by atoms with van der Waals surface area (Å²) in [6.07, 6.45) is 0. The van der Waals surface area contributed by atoms with Crippen molar-refractivity contribution < 1.29 is 27.5 Å². The lowest BCUT2D eigenvalue weighted by atomic mass is 10.1. The number of nitrogens with one attached hydrogen (secondary N) is 1. The average molecular weight is 610 g/mol. The van der Waals surface area contributed by atoms with E-state index < -0.39 is 34.1 Å². The van der Waals surface area contributed by atoms with Gasteiger partial charge in [0.25, 0.3) is 10.0 Å². The second-order valence-corrected chi connectivity index (χ2v) is 13.7. The molecule has 10 heteroatoms. The molecule has 3 aromatic carbocycles. The Labute approximate surface area is 255 Å². The fraction of sp³-hybridized carbons (Fsp3) is 0.394. The van der Waals surface area contributed by atoms with Crippen LogP contribution >= 0.6 is 0 Å². The highest BCUT2D eigenvalue weighted by Crippen LogP contribution is 2.33. The first-order valence-electron chi connectivity index (χ1n) is 14.1. The van der Waals surface area contributed by atoms with Crippen LogP contribution in [0.3, 0.4) is 0 Å². The van der Waals surface area contributed by atoms with Gasteiger partial charge in [-0.25, -0.2) is 8.42 Å². The summed E-state index contributed by atoms with van der Waals surface area (Å²) in [4.78, 5) is 28.8. The van der Waals surface area contributed by atoms with Crippen molar-refractivity contribution in [2.45, 2.75) is 71.5 Å². The number of carbonyl (C=O) groups excluding carboxylic acids is 2. The van der Waals surface area contributed by atoms with Gasteiger partial charge < -0.3 is 19.7 Å². The molecule has 0 radical (unpaired) electrons. The topological polar surface area (TPSA) is 105 Å². The molecular formula is C33H43N3O6S. The number of ether oxygens (including phenoxy) is 2. The summed E-state index contributed by atoms with van der Waals surface area (Å²) in [6.45, 7) is 12.5. The lowest BCUT2D eigenvalue weighted by Crippen LogP contribution is -2.54. The molecule has 0 aliphatic heterocycles. The van der Waals surface area contributed by atoms with Gasteiger partial charge in [0.05, 0.1) is 24.8 Å². The second-order valence-electron chi connectivity index (χ2n) is 11.8. The Balaban J connectivity index is 2.11. The van der Waals surface area contributed by atoms with Crippen LogP contribution in [0.15, 0.2) is 65.6 Å². The van der Waals surface area contributed by atoms with Gasteiger partial charge in [-0.15, -0.1) is 0 Å². The number of aryl methyl sites for hydroxylation is 3. The van der Waals surface area contributed by atoms with Crippen LogP contribution in [-0.2, 0) is 26.2 Å². The van der Waals surface area contributed by atoms with E-state index >= 15 is 0 Å². The Morgan fingerprint density at radius 2 is 1.42 bits per heavy atom. The number of amides is 2. The molecule has 0 aliphatic carbocycles. The molecule has 1 unspecified atom stereocenters. The van der Waals surface area contributed by atoms with E-state index in [0.717, 1.165) is 26.6 Å². The zero-order valence-corrected chi connectivity index (χ0v) is 27.3. The maximum absolute atomic E-state index is 14.2. The van der Waals surface area contributed by atoms with Gasteiger partial charge in [0, 0.05) is 18.2 Å². The number of methoxy groups -OCH3 is 2. The largest absolute Gasteiger partial charge is 0.493 e. The molecule has 3 aromatic rings. The standard InChI is InChI=1S/C33H43N3O6S/c1-22-10-12-26(13-11-22)20-35(25(4)32(38)34-33(5,6)7)31(37)21-36(27-17-23(2)16-24(3)18-27)43(39,40)28-14-15-29(41-8)30(19-28)42-9/h10-19,25H,20-21H2,1-9H3,(H,34,38). The molecule has 0 saturated carbocycles. The van der Waals surface area contributed by atoms with Crippen molar-refractivity contribution in [1.82, 2.24) is 10.2 Å². The highest BCUT2D eigenvalue weighted by Gasteiger charge is 2.34. The quantitative estimate of drug-likeness (QED) is 0.322. The fourth-order valence-corrected chi connectivity index (χ4v) is 6.09. The minimum Gasteiger partial charge on any atom is -0.493 e. The number of anilines is 1. The van der Waals surface area contributed by atoms with E-state index in [4.69, 9.17) is 9.47 Å². The molecule has 9 nitrogen and oxygen atoms in total. The maximum Gasteiger partial charge on any atom is 0.264 e. The minimum absolute atomic E-state index is 0.0688. The number of carbonyl (C=O) groups is 2. The zero-order valence-electron chi connectivity index (χ0n) is 26.5. The van der Waals surface area contributed by atoms with Crippen molar-refractivity contribution in [3.05, 3.63) is 82.9 Å². The zero-order chi connectivity index (χ0) is 32.1. The number of sulfonamides is 1. The molecule has 2 amide bonds. The van der Waals surface area contributed by atoms with Crippen molar-refractivity contribution in [1.29, 1.82) is 0 Å². The van der Waals surface area contributed by atoms with E-state index in [0.29, 0.717) is 11.4 Å². The van der Waals surface area contributed by atoms with Gasteiger partial charge in [-0.1, -0.05) is 35.9 Å². The van der Waals surface area contributed by atoms with Gasteiger partial charge in [-0.3, -0.25) is 13.9 Å². The molecule has 0 heterocycles. The Kier molecular flexibility index (Phi) is 10.5. The fourth-order valence-electron chi connectivity index (χ4n) is 4.67. The number of hydrogen-bond donors (Lipinski definition) is 1. The van der Waals surface area contributed by atoms with Crippen LogP contribution in [0.2, 0.25) is 0 Å². The highest BCUT2D eigenvalue weighted by atomic mass is 32.2. The Bertz CT molecular complexity index is 1540. The smallest absolute Gasteiger partial charge is 0.264 e. The number of rotatable bonds is 11. The molecule has 0 aromatic heterocycles. The molecule has 43 heavy (non-hydrogen) atoms. The summed E-state index contributed by atoms with van der Waals surface area (Å²) >= 11 is 0. The van der Waals surface area contributed by atoms with Crippen LogP contribution in [0.4, 0.5) is 5.69 Å². The first-order chi connectivity index (χ1) is 20.0. The van der Waals surface area contributed by atoms with E-state index in [-0.39, 0.29) is 23.1 Å². The first-order valence-corrected chi connectivity index (χ1v) is 15.5. The average Bonchev–Trinajstić information content (AvgIpc) is 2.93. The van der Waals surface area contributed by atoms with Gasteiger partial charge in [0.15, 0.2) is 11.5 Å². The number of benzene rings is 3. The van der Waals surface area contributed by atoms with E-state index in [9.17, 15) is 18.0 Å². The highest BCUT2D eigenvalue weighted by molar-refractivity contribution is 7.92. The summed E-state index contributed by atoms with van der Waals surface area (Å²) in [5, 5.41) is 2.94. The summed E-state index contributed by atoms with van der Waals surface area (Å²) in [7, 11) is -1.39. The molecule has 0 saturated heterocycles. The van der Waals surface area contributed by atoms with Gasteiger partial charge in [0.1, 0.15) is 12.6 Å². The van der Waals surface area contributed by atoms with E-state index in [1.54, 1.807) is 19.1 Å². The Morgan fingerprint density at radius 1 is 0.837 bits per heavy atom. The monoisotopic (exact) mass is 609 g/mol. The molecule has 232 valence electrons. The van der Waals surface area contributed by atoms with Gasteiger partial charge >= 0.3 is 0 Å². The summed E-state index contributed by atoms with van der Waals surface area (Å²) in [6, 6.07) is 16.4. The molecule has 0 aliphatic rings. The van der Waals surface area contributed by atoms with E-state index in [1.807, 2.05) is 71.9 Å². The third-order valence-corrected chi connectivity index (χ3v) is 8.63. The van der Waals surface area contributed by atoms with Crippen LogP contribution in [-0.4, -0.2) is 57.5 Å². The van der Waals surface area contributed by atoms with Gasteiger partial charge in [0.2, 0.25) is 11.8 Å². The first kappa shape index (κ1) is 33.5. The predicted molar refractivity (Wildman–Crippen MR) is 169 cm³/mol. The summed E-state index contributed by atoms with van der Waals surface area (Å²) < 4.78 is 40.2. The van der Waals surface area contributed by atoms with Crippen molar-refractivity contribution in [2.75, 3.05) is 25.1 Å². The molecule has 1 N–H and O–H groups in total. The molecule has 0 spiro atoms. The summed E-state index contributed by atoms with van der Waals surface area (Å²) in [5.41, 5.74) is 3.36. The Hall–Kier alpha value is -4.05. The third-order valence-electron chi connectivity index (χ3n) is 6.86. The molecule has 3 rings (SSSR count). The number of hydrogen-bond acceptors (Lipinski definition) is 6. The van der Waals surface area contributed by atoms with Crippen LogP contribution < -0.4 is 19.1 Å².